The number of aryl methyl sites for hydroxylation is 2. The van der Waals surface area contributed by atoms with Gasteiger partial charge in [-0.25, -0.2) is 8.42 Å². The van der Waals surface area contributed by atoms with E-state index >= 15 is 0 Å². The molecule has 1 aromatic carbocycles. The van der Waals surface area contributed by atoms with Gasteiger partial charge in [-0.15, -0.1) is 0 Å². The molecule has 0 N–H and O–H groups in total. The molecule has 0 aliphatic heterocycles. The molecule has 6 heteroatoms. The molecule has 0 spiro atoms. The minimum absolute atomic E-state index is 0. The van der Waals surface area contributed by atoms with E-state index in [1.165, 1.54) is 62.5 Å². The molecule has 1 aromatic rings. The fraction of sp³-hybridized carbons (Fsp3) is 0.750. The summed E-state index contributed by atoms with van der Waals surface area (Å²) in [6, 6.07) is 6.33. The molecule has 0 aliphatic carbocycles. The molecular weight excluding hydrogens is 407 g/mol. The molecular formula is C24H41NaO4S. The molecule has 1 rings (SSSR count). The summed E-state index contributed by atoms with van der Waals surface area (Å²) in [5, 5.41) is 0. The predicted octanol–water partition coefficient (Wildman–Crippen LogP) is 3.42. The van der Waals surface area contributed by atoms with Crippen molar-refractivity contribution in [3.63, 3.8) is 0 Å². The summed E-state index contributed by atoms with van der Waals surface area (Å²) in [6.07, 6.45) is 14.3. The van der Waals surface area contributed by atoms with E-state index in [0.29, 0.717) is 12.2 Å². The summed E-state index contributed by atoms with van der Waals surface area (Å²) in [7, 11) is -4.30. The van der Waals surface area contributed by atoms with Crippen molar-refractivity contribution in [1.29, 1.82) is 0 Å². The average Bonchev–Trinajstić information content (AvgIpc) is 2.66. The third-order valence-electron chi connectivity index (χ3n) is 5.31. The first-order chi connectivity index (χ1) is 13.9. The average molecular weight is 449 g/mol. The van der Waals surface area contributed by atoms with Crippen molar-refractivity contribution >= 4 is 10.1 Å². The van der Waals surface area contributed by atoms with Crippen LogP contribution in [0.1, 0.15) is 103 Å². The van der Waals surface area contributed by atoms with Crippen LogP contribution >= 0.6 is 0 Å². The quantitative estimate of drug-likeness (QED) is 0.208. The second kappa shape index (κ2) is 17.5. The topological polar surface area (TPSA) is 66.4 Å². The SMILES string of the molecule is CCCCCCCc1cc(CCCCCCC)cc(OC(CC)CS(=O)(=O)[O-])c1.[Na+]. The molecule has 0 radical (unpaired) electrons. The normalized spacial score (nSPS) is 12.4. The van der Waals surface area contributed by atoms with Crippen LogP contribution in [0, 0.1) is 0 Å². The molecule has 168 valence electrons. The summed E-state index contributed by atoms with van der Waals surface area (Å²) < 4.78 is 39.4. The Hall–Kier alpha value is -0.0700. The van der Waals surface area contributed by atoms with E-state index in [-0.39, 0.29) is 29.6 Å². The van der Waals surface area contributed by atoms with Crippen LogP contribution in [-0.2, 0) is 23.0 Å². The first kappa shape index (κ1) is 29.9. The second-order valence-electron chi connectivity index (χ2n) is 8.19. The van der Waals surface area contributed by atoms with Gasteiger partial charge in [-0.1, -0.05) is 78.2 Å². The number of hydrogen-bond acceptors (Lipinski definition) is 4. The maximum Gasteiger partial charge on any atom is 1.00 e. The molecule has 30 heavy (non-hydrogen) atoms. The third-order valence-corrected chi connectivity index (χ3v) is 6.09. The Morgan fingerprint density at radius 3 is 1.67 bits per heavy atom. The predicted molar refractivity (Wildman–Crippen MR) is 121 cm³/mol. The van der Waals surface area contributed by atoms with E-state index < -0.39 is 22.0 Å². The van der Waals surface area contributed by atoms with Crippen molar-refractivity contribution in [1.82, 2.24) is 0 Å². The molecule has 4 nitrogen and oxygen atoms in total. The van der Waals surface area contributed by atoms with Crippen LogP contribution in [0.25, 0.3) is 0 Å². The zero-order valence-corrected chi connectivity index (χ0v) is 22.6. The summed E-state index contributed by atoms with van der Waals surface area (Å²) in [4.78, 5) is 0. The number of benzene rings is 1. The van der Waals surface area contributed by atoms with Gasteiger partial charge in [-0.05, 0) is 55.4 Å². The van der Waals surface area contributed by atoms with E-state index in [4.69, 9.17) is 4.74 Å². The first-order valence-corrected chi connectivity index (χ1v) is 13.2. The van der Waals surface area contributed by atoms with E-state index in [1.807, 2.05) is 19.1 Å². The van der Waals surface area contributed by atoms with Crippen LogP contribution in [0.2, 0.25) is 0 Å². The summed E-state index contributed by atoms with van der Waals surface area (Å²) in [6.45, 7) is 6.29. The van der Waals surface area contributed by atoms with Crippen LogP contribution in [0.3, 0.4) is 0 Å². The van der Waals surface area contributed by atoms with Gasteiger partial charge in [0.25, 0.3) is 0 Å². The number of ether oxygens (including phenoxy) is 1. The van der Waals surface area contributed by atoms with Gasteiger partial charge in [0.1, 0.15) is 11.9 Å². The smallest absolute Gasteiger partial charge is 0.748 e. The summed E-state index contributed by atoms with van der Waals surface area (Å²) >= 11 is 0. The Bertz CT molecular complexity index is 629. The van der Waals surface area contributed by atoms with E-state index in [9.17, 15) is 13.0 Å². The maximum atomic E-state index is 11.1. The summed E-state index contributed by atoms with van der Waals surface area (Å²) in [5.74, 6) is 0.229. The molecule has 0 bridgehead atoms. The Morgan fingerprint density at radius 2 is 1.27 bits per heavy atom. The van der Waals surface area contributed by atoms with Gasteiger partial charge in [0.15, 0.2) is 0 Å². The maximum absolute atomic E-state index is 11.1. The van der Waals surface area contributed by atoms with E-state index in [1.54, 1.807) is 0 Å². The van der Waals surface area contributed by atoms with E-state index in [0.717, 1.165) is 25.7 Å². The van der Waals surface area contributed by atoms with Crippen LogP contribution in [0.4, 0.5) is 0 Å². The number of hydrogen-bond donors (Lipinski definition) is 0. The molecule has 0 amide bonds. The minimum atomic E-state index is -4.30. The minimum Gasteiger partial charge on any atom is -0.748 e. The molecule has 0 aromatic heterocycles. The Kier molecular flexibility index (Phi) is 17.4. The van der Waals surface area contributed by atoms with Crippen LogP contribution in [0.5, 0.6) is 5.75 Å². The molecule has 0 heterocycles. The fourth-order valence-corrected chi connectivity index (χ4v) is 4.37. The monoisotopic (exact) mass is 448 g/mol. The molecule has 0 saturated heterocycles. The van der Waals surface area contributed by atoms with Crippen molar-refractivity contribution in [3.05, 3.63) is 29.3 Å². The van der Waals surface area contributed by atoms with Gasteiger partial charge >= 0.3 is 29.6 Å². The largest absolute Gasteiger partial charge is 1.00 e. The van der Waals surface area contributed by atoms with Crippen molar-refractivity contribution in [2.45, 2.75) is 110 Å². The summed E-state index contributed by atoms with van der Waals surface area (Å²) in [5.41, 5.74) is 2.50. The molecule has 0 aliphatic rings. The van der Waals surface area contributed by atoms with Gasteiger partial charge in [0.05, 0.1) is 15.9 Å². The van der Waals surface area contributed by atoms with Crippen LogP contribution in [-0.4, -0.2) is 24.8 Å². The second-order valence-corrected chi connectivity index (χ2v) is 9.63. The fourth-order valence-electron chi connectivity index (χ4n) is 3.61. The molecule has 0 saturated carbocycles. The third kappa shape index (κ3) is 14.9. The number of rotatable bonds is 17. The zero-order valence-electron chi connectivity index (χ0n) is 19.8. The molecule has 1 unspecified atom stereocenters. The van der Waals surface area contributed by atoms with Crippen molar-refractivity contribution in [2.24, 2.45) is 0 Å². The van der Waals surface area contributed by atoms with Crippen molar-refractivity contribution in [3.8, 4) is 5.75 Å². The van der Waals surface area contributed by atoms with Gasteiger partial charge in [-0.3, -0.25) is 0 Å². The van der Waals surface area contributed by atoms with Gasteiger partial charge in [0, 0.05) is 0 Å². The van der Waals surface area contributed by atoms with Crippen LogP contribution < -0.4 is 34.3 Å². The van der Waals surface area contributed by atoms with Crippen LogP contribution in [0.15, 0.2) is 18.2 Å². The van der Waals surface area contributed by atoms with Gasteiger partial charge < -0.3 is 9.29 Å². The van der Waals surface area contributed by atoms with Crippen molar-refractivity contribution in [2.75, 3.05) is 5.75 Å². The number of unbranched alkanes of at least 4 members (excludes halogenated alkanes) is 8. The zero-order chi connectivity index (χ0) is 21.5. The Labute approximate surface area is 207 Å². The van der Waals surface area contributed by atoms with Crippen molar-refractivity contribution < 1.29 is 47.3 Å². The molecule has 1 atom stereocenters. The molecule has 0 fully saturated rings. The van der Waals surface area contributed by atoms with Gasteiger partial charge in [-0.2, -0.15) is 0 Å². The Morgan fingerprint density at radius 1 is 0.800 bits per heavy atom. The standard InChI is InChI=1S/C24H42O4S.Na/c1-4-7-9-11-13-15-21-17-22(16-14-12-10-8-5-2)19-24(18-21)28-23(6-3)20-29(25,26)27;/h17-19,23H,4-16,20H2,1-3H3,(H,25,26,27);/q;+1/p-1. The van der Waals surface area contributed by atoms with E-state index in [2.05, 4.69) is 19.9 Å². The van der Waals surface area contributed by atoms with Gasteiger partial charge in [0.2, 0.25) is 0 Å². The Balaban J connectivity index is 0.00000841. The first-order valence-electron chi connectivity index (χ1n) is 11.6.